The molecule has 4 nitrogen and oxygen atoms in total. The Morgan fingerprint density at radius 1 is 1.18 bits per heavy atom. The number of ether oxygens (including phenoxy) is 3. The van der Waals surface area contributed by atoms with Crippen LogP contribution >= 0.6 is 0 Å². The molecule has 0 unspecified atom stereocenters. The molecule has 122 valence electrons. The lowest BCUT2D eigenvalue weighted by Gasteiger charge is -2.28. The van der Waals surface area contributed by atoms with Gasteiger partial charge in [0, 0.05) is 19.6 Å². The summed E-state index contributed by atoms with van der Waals surface area (Å²) in [4.78, 5) is 2.46. The van der Waals surface area contributed by atoms with Crippen LogP contribution in [0.1, 0.15) is 25.3 Å². The smallest absolute Gasteiger partial charge is 0.119 e. The fourth-order valence-corrected chi connectivity index (χ4v) is 3.33. The van der Waals surface area contributed by atoms with E-state index in [4.69, 9.17) is 14.2 Å². The topological polar surface area (TPSA) is 30.9 Å². The van der Waals surface area contributed by atoms with E-state index in [-0.39, 0.29) is 0 Å². The summed E-state index contributed by atoms with van der Waals surface area (Å²) < 4.78 is 17.2. The Morgan fingerprint density at radius 2 is 2.00 bits per heavy atom. The van der Waals surface area contributed by atoms with Gasteiger partial charge in [-0.3, -0.25) is 4.90 Å². The van der Waals surface area contributed by atoms with E-state index in [1.54, 1.807) is 0 Å². The minimum absolute atomic E-state index is 0.350. The zero-order valence-corrected chi connectivity index (χ0v) is 13.5. The lowest BCUT2D eigenvalue weighted by molar-refractivity contribution is -0.0109. The second-order valence-electron chi connectivity index (χ2n) is 6.15. The highest BCUT2D eigenvalue weighted by Gasteiger charge is 2.27. The number of benzene rings is 1. The highest BCUT2D eigenvalue weighted by molar-refractivity contribution is 5.29. The molecule has 2 heterocycles. The highest BCUT2D eigenvalue weighted by Crippen LogP contribution is 2.25. The first-order valence-electron chi connectivity index (χ1n) is 8.51. The summed E-state index contributed by atoms with van der Waals surface area (Å²) in [5.41, 5.74) is 1.31. The number of rotatable bonds is 6. The van der Waals surface area contributed by atoms with Crippen LogP contribution in [-0.4, -0.2) is 56.6 Å². The molecule has 2 aliphatic heterocycles. The lowest BCUT2D eigenvalue weighted by Crippen LogP contribution is -2.41. The molecule has 0 aromatic heterocycles. The third-order valence-corrected chi connectivity index (χ3v) is 4.43. The average molecular weight is 305 g/mol. The first kappa shape index (κ1) is 15.8. The van der Waals surface area contributed by atoms with Gasteiger partial charge in [0.15, 0.2) is 0 Å². The third kappa shape index (κ3) is 4.45. The Morgan fingerprint density at radius 3 is 2.82 bits per heavy atom. The molecule has 0 saturated carbocycles. The van der Waals surface area contributed by atoms with Crippen molar-refractivity contribution in [1.29, 1.82) is 0 Å². The summed E-state index contributed by atoms with van der Waals surface area (Å²) >= 11 is 0. The molecule has 0 spiro atoms. The van der Waals surface area contributed by atoms with Gasteiger partial charge in [0.25, 0.3) is 0 Å². The van der Waals surface area contributed by atoms with E-state index in [0.29, 0.717) is 18.8 Å². The minimum Gasteiger partial charge on any atom is -0.494 e. The molecule has 3 rings (SSSR count). The fraction of sp³-hybridized carbons (Fsp3) is 0.667. The van der Waals surface area contributed by atoms with Gasteiger partial charge in [-0.1, -0.05) is 12.1 Å². The molecule has 0 radical (unpaired) electrons. The fourth-order valence-electron chi connectivity index (χ4n) is 3.33. The van der Waals surface area contributed by atoms with Crippen molar-refractivity contribution in [3.8, 4) is 5.75 Å². The van der Waals surface area contributed by atoms with Crippen LogP contribution in [0.15, 0.2) is 24.3 Å². The molecule has 4 heteroatoms. The van der Waals surface area contributed by atoms with Crippen molar-refractivity contribution in [3.05, 3.63) is 29.8 Å². The van der Waals surface area contributed by atoms with Gasteiger partial charge in [-0.05, 0) is 43.9 Å². The molecule has 0 aliphatic carbocycles. The third-order valence-electron chi connectivity index (χ3n) is 4.43. The number of hydrogen-bond acceptors (Lipinski definition) is 4. The molecular formula is C18H27NO3. The van der Waals surface area contributed by atoms with E-state index in [9.17, 15) is 0 Å². The summed E-state index contributed by atoms with van der Waals surface area (Å²) in [6.07, 6.45) is 4.06. The molecule has 2 fully saturated rings. The quantitative estimate of drug-likeness (QED) is 0.808. The van der Waals surface area contributed by atoms with Gasteiger partial charge in [0.05, 0.1) is 32.0 Å². The summed E-state index contributed by atoms with van der Waals surface area (Å²) in [5, 5.41) is 0. The maximum atomic E-state index is 6.24. The molecule has 0 N–H and O–H groups in total. The number of nitrogens with zero attached hydrogens (tertiary/aromatic N) is 1. The zero-order chi connectivity index (χ0) is 15.2. The molecule has 1 aromatic rings. The summed E-state index contributed by atoms with van der Waals surface area (Å²) in [6.45, 7) is 7.59. The average Bonchev–Trinajstić information content (AvgIpc) is 2.96. The van der Waals surface area contributed by atoms with Crippen molar-refractivity contribution in [2.24, 2.45) is 0 Å². The largest absolute Gasteiger partial charge is 0.494 e. The Kier molecular flexibility index (Phi) is 5.70. The Labute approximate surface area is 133 Å². The van der Waals surface area contributed by atoms with Gasteiger partial charge >= 0.3 is 0 Å². The van der Waals surface area contributed by atoms with E-state index >= 15 is 0 Å². The van der Waals surface area contributed by atoms with E-state index in [1.165, 1.54) is 12.0 Å². The van der Waals surface area contributed by atoms with Gasteiger partial charge in [-0.2, -0.15) is 0 Å². The Balaban J connectivity index is 1.47. The van der Waals surface area contributed by atoms with Gasteiger partial charge in [0.1, 0.15) is 5.75 Å². The zero-order valence-electron chi connectivity index (χ0n) is 13.5. The number of hydrogen-bond donors (Lipinski definition) is 0. The standard InChI is InChI=1S/C18H27NO3/c1-2-21-16-5-3-4-15(12-16)13-17-6-7-18(22-17)14-19-8-10-20-11-9-19/h3-5,12,17-18H,2,6-11,13-14H2,1H3/t17-,18+/m0/s1. The van der Waals surface area contributed by atoms with Crippen molar-refractivity contribution >= 4 is 0 Å². The molecule has 2 aliphatic rings. The predicted octanol–water partition coefficient (Wildman–Crippen LogP) is 2.51. The lowest BCUT2D eigenvalue weighted by atomic mass is 10.1. The maximum Gasteiger partial charge on any atom is 0.119 e. The minimum atomic E-state index is 0.350. The van der Waals surface area contributed by atoms with E-state index in [2.05, 4.69) is 23.1 Å². The molecule has 2 atom stereocenters. The van der Waals surface area contributed by atoms with Crippen molar-refractivity contribution in [1.82, 2.24) is 4.90 Å². The van der Waals surface area contributed by atoms with E-state index in [0.717, 1.165) is 51.4 Å². The summed E-state index contributed by atoms with van der Waals surface area (Å²) in [5.74, 6) is 0.961. The van der Waals surface area contributed by atoms with E-state index in [1.807, 2.05) is 13.0 Å². The molecule has 22 heavy (non-hydrogen) atoms. The van der Waals surface area contributed by atoms with Crippen LogP contribution in [0.25, 0.3) is 0 Å². The predicted molar refractivity (Wildman–Crippen MR) is 86.5 cm³/mol. The van der Waals surface area contributed by atoms with Crippen molar-refractivity contribution in [2.75, 3.05) is 39.5 Å². The van der Waals surface area contributed by atoms with Crippen molar-refractivity contribution in [2.45, 2.75) is 38.4 Å². The van der Waals surface area contributed by atoms with Crippen LogP contribution in [0.3, 0.4) is 0 Å². The van der Waals surface area contributed by atoms with Crippen LogP contribution < -0.4 is 4.74 Å². The van der Waals surface area contributed by atoms with Crippen LogP contribution in [0.5, 0.6) is 5.75 Å². The van der Waals surface area contributed by atoms with E-state index < -0.39 is 0 Å². The van der Waals surface area contributed by atoms with Crippen molar-refractivity contribution < 1.29 is 14.2 Å². The summed E-state index contributed by atoms with van der Waals surface area (Å²) in [7, 11) is 0. The summed E-state index contributed by atoms with van der Waals surface area (Å²) in [6, 6.07) is 8.40. The van der Waals surface area contributed by atoms with Gasteiger partial charge in [-0.15, -0.1) is 0 Å². The second kappa shape index (κ2) is 7.95. The second-order valence-corrected chi connectivity index (χ2v) is 6.15. The monoisotopic (exact) mass is 305 g/mol. The van der Waals surface area contributed by atoms with Crippen LogP contribution in [0.2, 0.25) is 0 Å². The molecule has 0 bridgehead atoms. The molecule has 0 amide bonds. The van der Waals surface area contributed by atoms with Crippen molar-refractivity contribution in [3.63, 3.8) is 0 Å². The van der Waals surface area contributed by atoms with Gasteiger partial charge < -0.3 is 14.2 Å². The van der Waals surface area contributed by atoms with Crippen LogP contribution in [0, 0.1) is 0 Å². The first-order chi connectivity index (χ1) is 10.8. The number of morpholine rings is 1. The normalized spacial score (nSPS) is 26.2. The van der Waals surface area contributed by atoms with Gasteiger partial charge in [-0.25, -0.2) is 0 Å². The molecule has 1 aromatic carbocycles. The Bertz CT molecular complexity index is 459. The maximum absolute atomic E-state index is 6.24. The highest BCUT2D eigenvalue weighted by atomic mass is 16.5. The molecular weight excluding hydrogens is 278 g/mol. The molecule has 2 saturated heterocycles. The van der Waals surface area contributed by atoms with Crippen LogP contribution in [0.4, 0.5) is 0 Å². The van der Waals surface area contributed by atoms with Gasteiger partial charge in [0.2, 0.25) is 0 Å². The van der Waals surface area contributed by atoms with Crippen LogP contribution in [-0.2, 0) is 15.9 Å². The first-order valence-corrected chi connectivity index (χ1v) is 8.51. The Hall–Kier alpha value is -1.10. The SMILES string of the molecule is CCOc1cccc(C[C@@H]2CC[C@H](CN3CCOCC3)O2)c1.